The van der Waals surface area contributed by atoms with Crippen LogP contribution in [0.1, 0.15) is 19.1 Å². The molecule has 1 rings (SSSR count). The second kappa shape index (κ2) is 11.6. The maximum atomic E-state index is 11.8. The highest BCUT2D eigenvalue weighted by Crippen LogP contribution is 2.14. The van der Waals surface area contributed by atoms with Crippen molar-refractivity contribution in [3.63, 3.8) is 0 Å². The first kappa shape index (κ1) is 21.0. The van der Waals surface area contributed by atoms with Gasteiger partial charge in [-0.2, -0.15) is 13.2 Å². The molecule has 9 heteroatoms. The Bertz CT molecular complexity index is 411. The van der Waals surface area contributed by atoms with E-state index >= 15 is 0 Å². The van der Waals surface area contributed by atoms with Crippen molar-refractivity contribution in [2.75, 3.05) is 26.3 Å². The van der Waals surface area contributed by atoms with Crippen LogP contribution < -0.4 is 10.6 Å². The number of rotatable bonds is 8. The lowest BCUT2D eigenvalue weighted by molar-refractivity contribution is -0.173. The quantitative estimate of drug-likeness (QED) is 0.286. The summed E-state index contributed by atoms with van der Waals surface area (Å²) in [5, 5.41) is 6.05. The zero-order valence-corrected chi connectivity index (χ0v) is 14.6. The van der Waals surface area contributed by atoms with Crippen LogP contribution in [-0.4, -0.2) is 38.4 Å². The first-order chi connectivity index (χ1) is 10.0. The van der Waals surface area contributed by atoms with Gasteiger partial charge in [0.2, 0.25) is 0 Å². The van der Waals surface area contributed by atoms with Gasteiger partial charge in [-0.1, -0.05) is 0 Å². The third kappa shape index (κ3) is 10.7. The van der Waals surface area contributed by atoms with Crippen LogP contribution in [0.3, 0.4) is 0 Å². The fourth-order valence-electron chi connectivity index (χ4n) is 1.47. The molecule has 0 unspecified atom stereocenters. The van der Waals surface area contributed by atoms with Crippen LogP contribution in [0.2, 0.25) is 0 Å². The van der Waals surface area contributed by atoms with E-state index in [0.717, 1.165) is 5.76 Å². The smallest absolute Gasteiger partial charge is 0.411 e. The van der Waals surface area contributed by atoms with Gasteiger partial charge in [-0.25, -0.2) is 4.99 Å². The molecule has 0 saturated carbocycles. The maximum Gasteiger partial charge on any atom is 0.411 e. The van der Waals surface area contributed by atoms with Crippen LogP contribution in [0.5, 0.6) is 0 Å². The number of halogens is 4. The Labute approximate surface area is 144 Å². The predicted molar refractivity (Wildman–Crippen MR) is 88.4 cm³/mol. The summed E-state index contributed by atoms with van der Waals surface area (Å²) in [5.74, 6) is 1.32. The molecule has 0 saturated heterocycles. The molecule has 22 heavy (non-hydrogen) atoms. The summed E-state index contributed by atoms with van der Waals surface area (Å²) in [6, 6.07) is 3.60. The molecule has 0 aliphatic carbocycles. The van der Waals surface area contributed by atoms with Crippen molar-refractivity contribution in [1.29, 1.82) is 0 Å². The molecule has 0 spiro atoms. The Morgan fingerprint density at radius 2 is 2.14 bits per heavy atom. The van der Waals surface area contributed by atoms with E-state index in [9.17, 15) is 13.2 Å². The summed E-state index contributed by atoms with van der Waals surface area (Å²) in [6.45, 7) is 2.32. The third-order valence-corrected chi connectivity index (χ3v) is 2.34. The third-order valence-electron chi connectivity index (χ3n) is 2.34. The van der Waals surface area contributed by atoms with Crippen LogP contribution in [0.4, 0.5) is 13.2 Å². The Hall–Kier alpha value is -0.970. The van der Waals surface area contributed by atoms with Gasteiger partial charge in [-0.15, -0.1) is 24.0 Å². The fourth-order valence-corrected chi connectivity index (χ4v) is 1.47. The minimum absolute atomic E-state index is 0. The van der Waals surface area contributed by atoms with Crippen LogP contribution >= 0.6 is 24.0 Å². The molecule has 128 valence electrons. The molecule has 0 fully saturated rings. The van der Waals surface area contributed by atoms with Crippen molar-refractivity contribution in [3.05, 3.63) is 24.2 Å². The average molecular weight is 435 g/mol. The van der Waals surface area contributed by atoms with E-state index in [2.05, 4.69) is 20.4 Å². The van der Waals surface area contributed by atoms with Crippen molar-refractivity contribution in [3.8, 4) is 0 Å². The highest BCUT2D eigenvalue weighted by Gasteiger charge is 2.27. The maximum absolute atomic E-state index is 11.8. The standard InChI is InChI=1S/C13H20F3N3O2.HI/c1-2-17-12(19-9-11-5-3-8-21-11)18-6-4-7-20-10-13(14,15)16;/h3,5,8H,2,4,6-7,9-10H2,1H3,(H2,17,18,19);1H. The Morgan fingerprint density at radius 3 is 2.73 bits per heavy atom. The fraction of sp³-hybridized carbons (Fsp3) is 0.615. The zero-order chi connectivity index (χ0) is 15.6. The van der Waals surface area contributed by atoms with Gasteiger partial charge in [0, 0.05) is 19.7 Å². The highest BCUT2D eigenvalue weighted by atomic mass is 127. The number of hydrogen-bond acceptors (Lipinski definition) is 3. The number of guanidine groups is 1. The van der Waals surface area contributed by atoms with Gasteiger partial charge in [-0.05, 0) is 25.5 Å². The molecule has 0 aliphatic heterocycles. The lowest BCUT2D eigenvalue weighted by Gasteiger charge is -2.11. The van der Waals surface area contributed by atoms with Crippen LogP contribution in [0.15, 0.2) is 27.8 Å². The monoisotopic (exact) mass is 435 g/mol. The summed E-state index contributed by atoms with van der Waals surface area (Å²) >= 11 is 0. The number of nitrogens with one attached hydrogen (secondary N) is 2. The normalized spacial score (nSPS) is 11.9. The second-order valence-electron chi connectivity index (χ2n) is 4.22. The van der Waals surface area contributed by atoms with Crippen molar-refractivity contribution in [2.45, 2.75) is 26.1 Å². The van der Waals surface area contributed by atoms with Gasteiger partial charge in [0.1, 0.15) is 18.9 Å². The van der Waals surface area contributed by atoms with Crippen LogP contribution in [-0.2, 0) is 11.3 Å². The molecule has 0 aromatic carbocycles. The molecule has 5 nitrogen and oxygen atoms in total. The van der Waals surface area contributed by atoms with Crippen LogP contribution in [0.25, 0.3) is 0 Å². The molecule has 1 aromatic heterocycles. The molecule has 0 bridgehead atoms. The van der Waals surface area contributed by atoms with E-state index in [1.54, 1.807) is 12.3 Å². The highest BCUT2D eigenvalue weighted by molar-refractivity contribution is 14.0. The largest absolute Gasteiger partial charge is 0.467 e. The minimum atomic E-state index is -4.27. The van der Waals surface area contributed by atoms with E-state index in [1.165, 1.54) is 0 Å². The molecule has 0 atom stereocenters. The van der Waals surface area contributed by atoms with Gasteiger partial charge in [-0.3, -0.25) is 0 Å². The summed E-state index contributed by atoms with van der Waals surface area (Å²) in [4.78, 5) is 4.29. The summed E-state index contributed by atoms with van der Waals surface area (Å²) in [6.07, 6.45) is -2.24. The lowest BCUT2D eigenvalue weighted by atomic mass is 10.4. The summed E-state index contributed by atoms with van der Waals surface area (Å²) in [7, 11) is 0. The lowest BCUT2D eigenvalue weighted by Crippen LogP contribution is -2.38. The number of hydrogen-bond donors (Lipinski definition) is 2. The zero-order valence-electron chi connectivity index (χ0n) is 12.3. The summed E-state index contributed by atoms with van der Waals surface area (Å²) < 4.78 is 45.2. The molecule has 0 radical (unpaired) electrons. The van der Waals surface area contributed by atoms with E-state index < -0.39 is 12.8 Å². The van der Waals surface area contributed by atoms with Gasteiger partial charge in [0.05, 0.1) is 6.26 Å². The van der Waals surface area contributed by atoms with Gasteiger partial charge in [0.25, 0.3) is 0 Å². The molecular formula is C13H21F3IN3O2. The van der Waals surface area contributed by atoms with Crippen molar-refractivity contribution in [2.24, 2.45) is 4.99 Å². The van der Waals surface area contributed by atoms with Crippen molar-refractivity contribution >= 4 is 29.9 Å². The molecule has 1 aromatic rings. The Kier molecular flexibility index (Phi) is 11.1. The molecule has 0 aliphatic rings. The van der Waals surface area contributed by atoms with E-state index in [0.29, 0.717) is 32.0 Å². The van der Waals surface area contributed by atoms with Crippen molar-refractivity contribution < 1.29 is 22.3 Å². The molecule has 2 N–H and O–H groups in total. The summed E-state index contributed by atoms with van der Waals surface area (Å²) in [5.41, 5.74) is 0. The van der Waals surface area contributed by atoms with Gasteiger partial charge >= 0.3 is 6.18 Å². The van der Waals surface area contributed by atoms with Crippen LogP contribution in [0, 0.1) is 0 Å². The van der Waals surface area contributed by atoms with E-state index in [1.807, 2.05) is 13.0 Å². The number of furan rings is 1. The van der Waals surface area contributed by atoms with Gasteiger partial charge < -0.3 is 19.8 Å². The predicted octanol–water partition coefficient (Wildman–Crippen LogP) is 2.92. The van der Waals surface area contributed by atoms with Gasteiger partial charge in [0.15, 0.2) is 5.96 Å². The number of nitrogens with zero attached hydrogens (tertiary/aromatic N) is 1. The Balaban J connectivity index is 0.00000441. The topological polar surface area (TPSA) is 58.8 Å². The average Bonchev–Trinajstić information content (AvgIpc) is 2.91. The van der Waals surface area contributed by atoms with E-state index in [-0.39, 0.29) is 30.6 Å². The molecule has 0 amide bonds. The minimum Gasteiger partial charge on any atom is -0.467 e. The number of aliphatic imine (C=N–C) groups is 1. The first-order valence-electron chi connectivity index (χ1n) is 6.70. The molecular weight excluding hydrogens is 414 g/mol. The second-order valence-corrected chi connectivity index (χ2v) is 4.22. The SMILES string of the molecule is CCNC(=NCc1ccco1)NCCCOCC(F)(F)F.I. The van der Waals surface area contributed by atoms with Crippen molar-refractivity contribution in [1.82, 2.24) is 10.6 Å². The van der Waals surface area contributed by atoms with E-state index in [4.69, 9.17) is 4.42 Å². The number of ether oxygens (including phenoxy) is 1. The number of alkyl halides is 3. The Morgan fingerprint density at radius 1 is 1.36 bits per heavy atom. The molecule has 1 heterocycles. The first-order valence-corrected chi connectivity index (χ1v) is 6.70.